The highest BCUT2D eigenvalue weighted by atomic mass is 19.1. The Bertz CT molecular complexity index is 461. The highest BCUT2D eigenvalue weighted by Gasteiger charge is 2.26. The van der Waals surface area contributed by atoms with Gasteiger partial charge in [0.25, 0.3) is 5.91 Å². The van der Waals surface area contributed by atoms with Crippen molar-refractivity contribution in [3.63, 3.8) is 0 Å². The van der Waals surface area contributed by atoms with Crippen molar-refractivity contribution in [2.24, 2.45) is 17.6 Å². The van der Waals surface area contributed by atoms with Gasteiger partial charge in [-0.25, -0.2) is 4.39 Å². The molecule has 0 bridgehead atoms. The molecular formula is C15H21FN2O. The van der Waals surface area contributed by atoms with E-state index in [0.717, 1.165) is 12.8 Å². The molecule has 0 radical (unpaired) electrons. The van der Waals surface area contributed by atoms with E-state index in [1.54, 1.807) is 19.1 Å². The molecule has 3 nitrogen and oxygen atoms in total. The maximum Gasteiger partial charge on any atom is 0.254 e. The summed E-state index contributed by atoms with van der Waals surface area (Å²) in [5.74, 6) is 0.162. The zero-order valence-electron chi connectivity index (χ0n) is 11.3. The summed E-state index contributed by atoms with van der Waals surface area (Å²) in [5.41, 5.74) is 6.33. The number of benzene rings is 1. The summed E-state index contributed by atoms with van der Waals surface area (Å²) in [6.07, 6.45) is 3.40. The van der Waals surface area contributed by atoms with Gasteiger partial charge in [0.15, 0.2) is 0 Å². The highest BCUT2D eigenvalue weighted by Crippen LogP contribution is 2.30. The van der Waals surface area contributed by atoms with Crippen LogP contribution in [0.15, 0.2) is 18.2 Å². The number of rotatable bonds is 4. The smallest absolute Gasteiger partial charge is 0.254 e. The van der Waals surface area contributed by atoms with Crippen molar-refractivity contribution in [2.75, 3.05) is 13.1 Å². The predicted octanol–water partition coefficient (Wildman–Crippen LogP) is 2.24. The molecule has 1 aliphatic rings. The van der Waals surface area contributed by atoms with E-state index < -0.39 is 5.82 Å². The Morgan fingerprint density at radius 3 is 2.89 bits per heavy atom. The lowest BCUT2D eigenvalue weighted by Crippen LogP contribution is -2.33. The summed E-state index contributed by atoms with van der Waals surface area (Å²) < 4.78 is 13.8. The fraction of sp³-hybridized carbons (Fsp3) is 0.533. The maximum absolute atomic E-state index is 13.8. The van der Waals surface area contributed by atoms with E-state index in [4.69, 9.17) is 5.73 Å². The molecule has 1 aromatic rings. The summed E-state index contributed by atoms with van der Waals surface area (Å²) in [6, 6.07) is 4.88. The second kappa shape index (κ2) is 6.15. The largest absolute Gasteiger partial charge is 0.352 e. The molecule has 1 amide bonds. The summed E-state index contributed by atoms with van der Waals surface area (Å²) in [4.78, 5) is 12.0. The van der Waals surface area contributed by atoms with E-state index in [1.165, 1.54) is 12.5 Å². The molecule has 3 N–H and O–H groups in total. The Hall–Kier alpha value is -1.42. The van der Waals surface area contributed by atoms with Gasteiger partial charge in [0.1, 0.15) is 5.82 Å². The van der Waals surface area contributed by atoms with Crippen molar-refractivity contribution in [1.82, 2.24) is 5.32 Å². The summed E-state index contributed by atoms with van der Waals surface area (Å²) in [5, 5.41) is 2.84. The molecule has 2 unspecified atom stereocenters. The Morgan fingerprint density at radius 2 is 2.16 bits per heavy atom. The molecule has 0 aromatic heterocycles. The summed E-state index contributed by atoms with van der Waals surface area (Å²) >= 11 is 0. The van der Waals surface area contributed by atoms with Gasteiger partial charge in [-0.2, -0.15) is 0 Å². The number of nitrogens with one attached hydrogen (secondary N) is 1. The van der Waals surface area contributed by atoms with E-state index in [9.17, 15) is 9.18 Å². The minimum Gasteiger partial charge on any atom is -0.352 e. The van der Waals surface area contributed by atoms with Crippen molar-refractivity contribution in [2.45, 2.75) is 26.2 Å². The third kappa shape index (κ3) is 3.13. The zero-order chi connectivity index (χ0) is 13.8. The van der Waals surface area contributed by atoms with E-state index in [0.29, 0.717) is 30.5 Å². The monoisotopic (exact) mass is 264 g/mol. The van der Waals surface area contributed by atoms with Crippen LogP contribution in [0.1, 0.15) is 35.2 Å². The lowest BCUT2D eigenvalue weighted by atomic mass is 9.96. The average Bonchev–Trinajstić information content (AvgIpc) is 2.86. The van der Waals surface area contributed by atoms with Gasteiger partial charge in [-0.15, -0.1) is 0 Å². The molecular weight excluding hydrogens is 243 g/mol. The predicted molar refractivity (Wildman–Crippen MR) is 73.4 cm³/mol. The lowest BCUT2D eigenvalue weighted by Gasteiger charge is -2.18. The van der Waals surface area contributed by atoms with Gasteiger partial charge in [0.2, 0.25) is 0 Å². The van der Waals surface area contributed by atoms with E-state index >= 15 is 0 Å². The summed E-state index contributed by atoms with van der Waals surface area (Å²) in [6.45, 7) is 2.92. The molecule has 19 heavy (non-hydrogen) atoms. The SMILES string of the molecule is Cc1cccc(C(=O)NCC2CCCC2CN)c1F. The first kappa shape index (κ1) is 14.0. The fourth-order valence-electron chi connectivity index (χ4n) is 2.83. The van der Waals surface area contributed by atoms with Crippen LogP contribution in [0.25, 0.3) is 0 Å². The van der Waals surface area contributed by atoms with Gasteiger partial charge in [-0.05, 0) is 49.8 Å². The number of carbonyl (C=O) groups is 1. The number of hydrogen-bond acceptors (Lipinski definition) is 2. The molecule has 0 saturated heterocycles. The molecule has 1 saturated carbocycles. The molecule has 104 valence electrons. The molecule has 1 aliphatic carbocycles. The molecule has 2 atom stereocenters. The second-order valence-corrected chi connectivity index (χ2v) is 5.33. The van der Waals surface area contributed by atoms with Crippen molar-refractivity contribution in [3.05, 3.63) is 35.1 Å². The normalized spacial score (nSPS) is 22.5. The van der Waals surface area contributed by atoms with Crippen LogP contribution in [-0.2, 0) is 0 Å². The van der Waals surface area contributed by atoms with Gasteiger partial charge < -0.3 is 11.1 Å². The quantitative estimate of drug-likeness (QED) is 0.876. The number of aryl methyl sites for hydroxylation is 1. The maximum atomic E-state index is 13.8. The number of halogens is 1. The zero-order valence-corrected chi connectivity index (χ0v) is 11.3. The van der Waals surface area contributed by atoms with Crippen LogP contribution >= 0.6 is 0 Å². The molecule has 2 rings (SSSR count). The van der Waals surface area contributed by atoms with Crippen LogP contribution in [0.5, 0.6) is 0 Å². The Balaban J connectivity index is 1.96. The van der Waals surface area contributed by atoms with E-state index in [-0.39, 0.29) is 11.5 Å². The third-order valence-corrected chi connectivity index (χ3v) is 4.08. The number of amides is 1. The van der Waals surface area contributed by atoms with Gasteiger partial charge in [0, 0.05) is 6.54 Å². The van der Waals surface area contributed by atoms with Gasteiger partial charge in [0.05, 0.1) is 5.56 Å². The Morgan fingerprint density at radius 1 is 1.42 bits per heavy atom. The minimum absolute atomic E-state index is 0.127. The van der Waals surface area contributed by atoms with Gasteiger partial charge >= 0.3 is 0 Å². The number of nitrogens with two attached hydrogens (primary N) is 1. The molecule has 0 aliphatic heterocycles. The first-order chi connectivity index (χ1) is 9.13. The molecule has 4 heteroatoms. The first-order valence-corrected chi connectivity index (χ1v) is 6.87. The van der Waals surface area contributed by atoms with Gasteiger partial charge in [-0.1, -0.05) is 18.6 Å². The van der Waals surface area contributed by atoms with Crippen LogP contribution in [-0.4, -0.2) is 19.0 Å². The third-order valence-electron chi connectivity index (χ3n) is 4.08. The van der Waals surface area contributed by atoms with Gasteiger partial charge in [-0.3, -0.25) is 4.79 Å². The summed E-state index contributed by atoms with van der Waals surface area (Å²) in [7, 11) is 0. The Kier molecular flexibility index (Phi) is 4.53. The van der Waals surface area contributed by atoms with Crippen LogP contribution < -0.4 is 11.1 Å². The first-order valence-electron chi connectivity index (χ1n) is 6.87. The van der Waals surface area contributed by atoms with E-state index in [1.807, 2.05) is 0 Å². The average molecular weight is 264 g/mol. The molecule has 0 heterocycles. The molecule has 0 spiro atoms. The van der Waals surface area contributed by atoms with Crippen molar-refractivity contribution >= 4 is 5.91 Å². The number of hydrogen-bond donors (Lipinski definition) is 2. The van der Waals surface area contributed by atoms with Crippen LogP contribution in [0, 0.1) is 24.6 Å². The standard InChI is InChI=1S/C15H21FN2O/c1-10-4-2-7-13(14(10)16)15(19)18-9-12-6-3-5-11(12)8-17/h2,4,7,11-12H,3,5-6,8-9,17H2,1H3,(H,18,19). The lowest BCUT2D eigenvalue weighted by molar-refractivity contribution is 0.0940. The van der Waals surface area contributed by atoms with Crippen LogP contribution in [0.4, 0.5) is 4.39 Å². The molecule has 1 fully saturated rings. The topological polar surface area (TPSA) is 55.1 Å². The van der Waals surface area contributed by atoms with Crippen LogP contribution in [0.2, 0.25) is 0 Å². The van der Waals surface area contributed by atoms with Crippen molar-refractivity contribution in [3.8, 4) is 0 Å². The fourth-order valence-corrected chi connectivity index (χ4v) is 2.83. The minimum atomic E-state index is -0.429. The Labute approximate surface area is 113 Å². The van der Waals surface area contributed by atoms with Crippen molar-refractivity contribution < 1.29 is 9.18 Å². The number of carbonyl (C=O) groups excluding carboxylic acids is 1. The highest BCUT2D eigenvalue weighted by molar-refractivity contribution is 5.94. The van der Waals surface area contributed by atoms with E-state index in [2.05, 4.69) is 5.32 Å². The molecule has 1 aromatic carbocycles. The van der Waals surface area contributed by atoms with Crippen molar-refractivity contribution in [1.29, 1.82) is 0 Å². The van der Waals surface area contributed by atoms with Crippen LogP contribution in [0.3, 0.4) is 0 Å². The second-order valence-electron chi connectivity index (χ2n) is 5.33.